The summed E-state index contributed by atoms with van der Waals surface area (Å²) in [5.41, 5.74) is 0. The molecule has 0 saturated heterocycles. The average molecular weight is 376 g/mol. The van der Waals surface area contributed by atoms with E-state index in [0.717, 1.165) is 0 Å². The fourth-order valence-electron chi connectivity index (χ4n) is 2.57. The molecule has 128 valence electrons. The molecule has 3 aromatic rings. The standard InChI is InChI=1S/C18H14FO4PS/c19-25(21,22)23-15-8-7-13-18(14-15)24(20,16-9-3-1-4-10-16)17-11-5-2-6-12-17/h1-14H. The molecule has 0 aromatic heterocycles. The minimum absolute atomic E-state index is 0.230. The van der Waals surface area contributed by atoms with Gasteiger partial charge in [-0.25, -0.2) is 0 Å². The fourth-order valence-corrected chi connectivity index (χ4v) is 5.59. The molecule has 3 aromatic carbocycles. The molecule has 0 saturated carbocycles. The minimum Gasteiger partial charge on any atom is -0.358 e. The monoisotopic (exact) mass is 376 g/mol. The predicted octanol–water partition coefficient (Wildman–Crippen LogP) is 2.92. The summed E-state index contributed by atoms with van der Waals surface area (Å²) < 4.78 is 52.6. The maximum atomic E-state index is 14.0. The minimum atomic E-state index is -5.16. The lowest BCUT2D eigenvalue weighted by atomic mass is 10.3. The van der Waals surface area contributed by atoms with Crippen LogP contribution < -0.4 is 20.1 Å². The Morgan fingerprint density at radius 3 is 1.68 bits per heavy atom. The predicted molar refractivity (Wildman–Crippen MR) is 96.5 cm³/mol. The van der Waals surface area contributed by atoms with Crippen LogP contribution in [-0.4, -0.2) is 8.42 Å². The molecule has 0 amide bonds. The maximum absolute atomic E-state index is 14.0. The first kappa shape index (κ1) is 17.4. The molecule has 7 heteroatoms. The molecule has 3 rings (SSSR count). The van der Waals surface area contributed by atoms with Crippen LogP contribution in [0.5, 0.6) is 5.75 Å². The van der Waals surface area contributed by atoms with E-state index in [0.29, 0.717) is 15.9 Å². The average Bonchev–Trinajstić information content (AvgIpc) is 2.61. The molecular formula is C18H14FO4PS. The summed E-state index contributed by atoms with van der Waals surface area (Å²) in [5.74, 6) is -0.230. The zero-order valence-electron chi connectivity index (χ0n) is 12.9. The number of rotatable bonds is 5. The van der Waals surface area contributed by atoms with Crippen LogP contribution in [0.4, 0.5) is 3.89 Å². The van der Waals surface area contributed by atoms with Gasteiger partial charge in [0.25, 0.3) is 0 Å². The quantitative estimate of drug-likeness (QED) is 0.508. The van der Waals surface area contributed by atoms with Gasteiger partial charge in [-0.2, -0.15) is 8.42 Å². The third-order valence-electron chi connectivity index (χ3n) is 3.62. The zero-order valence-corrected chi connectivity index (χ0v) is 14.7. The van der Waals surface area contributed by atoms with Gasteiger partial charge in [0.1, 0.15) is 5.75 Å². The van der Waals surface area contributed by atoms with Crippen molar-refractivity contribution in [1.29, 1.82) is 0 Å². The van der Waals surface area contributed by atoms with Crippen LogP contribution in [0.1, 0.15) is 0 Å². The van der Waals surface area contributed by atoms with Crippen LogP contribution in [0, 0.1) is 0 Å². The van der Waals surface area contributed by atoms with Crippen molar-refractivity contribution in [3.63, 3.8) is 0 Å². The molecular weight excluding hydrogens is 362 g/mol. The van der Waals surface area contributed by atoms with E-state index < -0.39 is 17.6 Å². The van der Waals surface area contributed by atoms with E-state index in [9.17, 15) is 16.9 Å². The van der Waals surface area contributed by atoms with Crippen LogP contribution in [0.2, 0.25) is 0 Å². The number of hydrogen-bond acceptors (Lipinski definition) is 4. The smallest absolute Gasteiger partial charge is 0.358 e. The van der Waals surface area contributed by atoms with E-state index in [4.69, 9.17) is 0 Å². The first-order valence-corrected chi connectivity index (χ1v) is 10.4. The van der Waals surface area contributed by atoms with Crippen LogP contribution >= 0.6 is 7.14 Å². The van der Waals surface area contributed by atoms with Gasteiger partial charge in [-0.3, -0.25) is 0 Å². The lowest BCUT2D eigenvalue weighted by Crippen LogP contribution is -2.25. The van der Waals surface area contributed by atoms with Gasteiger partial charge >= 0.3 is 10.5 Å². The van der Waals surface area contributed by atoms with Crippen molar-refractivity contribution in [2.45, 2.75) is 0 Å². The molecule has 0 radical (unpaired) electrons. The normalized spacial score (nSPS) is 11.9. The lowest BCUT2D eigenvalue weighted by Gasteiger charge is -2.20. The van der Waals surface area contributed by atoms with E-state index in [1.807, 2.05) is 12.1 Å². The Balaban J connectivity index is 2.20. The summed E-state index contributed by atoms with van der Waals surface area (Å²) in [6.45, 7) is 0. The van der Waals surface area contributed by atoms with Gasteiger partial charge in [0, 0.05) is 15.9 Å². The molecule has 0 aliphatic heterocycles. The van der Waals surface area contributed by atoms with E-state index in [2.05, 4.69) is 4.18 Å². The highest BCUT2D eigenvalue weighted by Gasteiger charge is 2.30. The molecule has 0 aliphatic rings. The topological polar surface area (TPSA) is 60.4 Å². The van der Waals surface area contributed by atoms with E-state index in [-0.39, 0.29) is 5.75 Å². The third kappa shape index (κ3) is 3.81. The summed E-state index contributed by atoms with van der Waals surface area (Å²) in [7, 11) is -8.42. The van der Waals surface area contributed by atoms with E-state index in [1.165, 1.54) is 18.2 Å². The summed E-state index contributed by atoms with van der Waals surface area (Å²) >= 11 is 0. The number of halogens is 1. The van der Waals surface area contributed by atoms with Crippen molar-refractivity contribution in [2.75, 3.05) is 0 Å². The van der Waals surface area contributed by atoms with Gasteiger partial charge in [0.15, 0.2) is 7.14 Å². The zero-order chi connectivity index (χ0) is 17.9. The Morgan fingerprint density at radius 1 is 0.720 bits per heavy atom. The van der Waals surface area contributed by atoms with Crippen molar-refractivity contribution in [2.24, 2.45) is 0 Å². The van der Waals surface area contributed by atoms with Gasteiger partial charge in [0.2, 0.25) is 0 Å². The van der Waals surface area contributed by atoms with Crippen LogP contribution in [0.3, 0.4) is 0 Å². The van der Waals surface area contributed by atoms with Crippen molar-refractivity contribution in [3.8, 4) is 5.75 Å². The summed E-state index contributed by atoms with van der Waals surface area (Å²) in [6.07, 6.45) is 0. The molecule has 0 aliphatic carbocycles. The highest BCUT2D eigenvalue weighted by molar-refractivity contribution is 7.85. The Hall–Kier alpha value is -2.43. The summed E-state index contributed by atoms with van der Waals surface area (Å²) in [6, 6.07) is 23.4. The van der Waals surface area contributed by atoms with Gasteiger partial charge < -0.3 is 8.75 Å². The molecule has 0 N–H and O–H groups in total. The van der Waals surface area contributed by atoms with Crippen LogP contribution in [-0.2, 0) is 15.1 Å². The van der Waals surface area contributed by atoms with Crippen molar-refractivity contribution in [3.05, 3.63) is 84.9 Å². The Labute approximate surface area is 145 Å². The molecule has 4 nitrogen and oxygen atoms in total. The SMILES string of the molecule is O=P(c1ccccc1)(c1ccccc1)c1cccc(OS(=O)(=O)F)c1. The Kier molecular flexibility index (Phi) is 4.75. The van der Waals surface area contributed by atoms with Crippen molar-refractivity contribution < 1.29 is 21.1 Å². The van der Waals surface area contributed by atoms with Gasteiger partial charge in [-0.15, -0.1) is 0 Å². The fraction of sp³-hybridized carbons (Fsp3) is 0. The molecule has 0 fully saturated rings. The molecule has 0 unspecified atom stereocenters. The van der Waals surface area contributed by atoms with E-state index in [1.54, 1.807) is 54.6 Å². The third-order valence-corrected chi connectivity index (χ3v) is 7.06. The Morgan fingerprint density at radius 2 is 1.20 bits per heavy atom. The second-order valence-corrected chi connectivity index (χ2v) is 8.97. The first-order valence-electron chi connectivity index (χ1n) is 7.35. The van der Waals surface area contributed by atoms with Crippen LogP contribution in [0.25, 0.3) is 0 Å². The number of hydrogen-bond donors (Lipinski definition) is 0. The molecule has 0 atom stereocenters. The maximum Gasteiger partial charge on any atom is 0.488 e. The largest absolute Gasteiger partial charge is 0.488 e. The van der Waals surface area contributed by atoms with Crippen molar-refractivity contribution in [1.82, 2.24) is 0 Å². The van der Waals surface area contributed by atoms with Gasteiger partial charge in [-0.05, 0) is 12.1 Å². The second-order valence-electron chi connectivity index (χ2n) is 5.25. The molecule has 0 bridgehead atoms. The first-order chi connectivity index (χ1) is 11.9. The van der Waals surface area contributed by atoms with E-state index >= 15 is 0 Å². The summed E-state index contributed by atoms with van der Waals surface area (Å²) in [5, 5.41) is 1.52. The molecule has 0 spiro atoms. The second kappa shape index (κ2) is 6.82. The van der Waals surface area contributed by atoms with Crippen molar-refractivity contribution >= 4 is 33.6 Å². The van der Waals surface area contributed by atoms with Crippen LogP contribution in [0.15, 0.2) is 84.9 Å². The molecule has 0 heterocycles. The van der Waals surface area contributed by atoms with Gasteiger partial charge in [0.05, 0.1) is 0 Å². The highest BCUT2D eigenvalue weighted by atomic mass is 32.3. The lowest BCUT2D eigenvalue weighted by molar-refractivity contribution is 0.440. The highest BCUT2D eigenvalue weighted by Crippen LogP contribution is 2.42. The Bertz CT molecular complexity index is 978. The molecule has 25 heavy (non-hydrogen) atoms. The van der Waals surface area contributed by atoms with Gasteiger partial charge in [-0.1, -0.05) is 76.7 Å². The summed E-state index contributed by atoms with van der Waals surface area (Å²) in [4.78, 5) is 0. The number of benzene rings is 3.